The van der Waals surface area contributed by atoms with Crippen molar-refractivity contribution in [3.05, 3.63) is 41.5 Å². The van der Waals surface area contributed by atoms with Crippen molar-refractivity contribution < 1.29 is 19.7 Å². The van der Waals surface area contributed by atoms with Crippen molar-refractivity contribution in [1.29, 1.82) is 0 Å². The van der Waals surface area contributed by atoms with Gasteiger partial charge in [-0.15, -0.1) is 0 Å². The number of fused-ring (bicyclic) bond motifs is 5. The van der Waals surface area contributed by atoms with Crippen molar-refractivity contribution in [3.63, 3.8) is 0 Å². The van der Waals surface area contributed by atoms with Gasteiger partial charge in [0.25, 0.3) is 0 Å². The Morgan fingerprint density at radius 2 is 1.76 bits per heavy atom. The van der Waals surface area contributed by atoms with E-state index in [0.717, 1.165) is 51.4 Å². The number of allylic oxidation sites excluding steroid dienone is 1. The third-order valence-electron chi connectivity index (χ3n) is 11.2. The van der Waals surface area contributed by atoms with Crippen LogP contribution in [0.2, 0.25) is 0 Å². The molecule has 0 unspecified atom stereocenters. The highest BCUT2D eigenvalue weighted by atomic mass is 16.7. The number of anilines is 1. The average Bonchev–Trinajstić information content (AvgIpc) is 3.16. The zero-order chi connectivity index (χ0) is 26.3. The Bertz CT molecular complexity index is 1070. The maximum atomic E-state index is 12.8. The second-order valence-electron chi connectivity index (χ2n) is 14.4. The Labute approximate surface area is 223 Å². The predicted molar refractivity (Wildman–Crippen MR) is 146 cm³/mol. The fraction of sp³-hybridized carbons (Fsp3) is 0.750. The van der Waals surface area contributed by atoms with Gasteiger partial charge in [0, 0.05) is 48.9 Å². The van der Waals surface area contributed by atoms with Crippen LogP contribution in [0.15, 0.2) is 35.9 Å². The van der Waals surface area contributed by atoms with Gasteiger partial charge in [-0.2, -0.15) is 0 Å². The lowest BCUT2D eigenvalue weighted by Crippen LogP contribution is -2.66. The number of ether oxygens (including phenoxy) is 2. The summed E-state index contributed by atoms with van der Waals surface area (Å²) < 4.78 is 13.0. The van der Waals surface area contributed by atoms with Gasteiger partial charge in [0.2, 0.25) is 0 Å². The topological polar surface area (TPSA) is 62.2 Å². The highest BCUT2D eigenvalue weighted by Crippen LogP contribution is 2.67. The monoisotopic (exact) mass is 509 g/mol. The molecule has 5 heteroatoms. The van der Waals surface area contributed by atoms with Gasteiger partial charge in [-0.1, -0.05) is 44.6 Å². The summed E-state index contributed by atoms with van der Waals surface area (Å²) in [7, 11) is 4.17. The van der Waals surface area contributed by atoms with Crippen LogP contribution in [0, 0.1) is 28.1 Å². The third-order valence-corrected chi connectivity index (χ3v) is 11.2. The highest BCUT2D eigenvalue weighted by Gasteiger charge is 2.66. The fourth-order valence-corrected chi connectivity index (χ4v) is 8.90. The van der Waals surface area contributed by atoms with Crippen molar-refractivity contribution in [2.45, 2.75) is 96.1 Å². The van der Waals surface area contributed by atoms with Crippen LogP contribution in [0.25, 0.3) is 0 Å². The van der Waals surface area contributed by atoms with Crippen molar-refractivity contribution >= 4 is 5.69 Å². The molecule has 5 aliphatic rings. The van der Waals surface area contributed by atoms with Crippen LogP contribution in [0.1, 0.15) is 77.7 Å². The molecule has 1 aliphatic heterocycles. The minimum absolute atomic E-state index is 0.00630. The van der Waals surface area contributed by atoms with Crippen molar-refractivity contribution in [2.75, 3.05) is 32.2 Å². The summed E-state index contributed by atoms with van der Waals surface area (Å²) in [5.74, 6) is 0.254. The van der Waals surface area contributed by atoms with E-state index in [1.807, 2.05) is 0 Å². The molecule has 0 amide bonds. The zero-order valence-corrected chi connectivity index (χ0v) is 23.6. The van der Waals surface area contributed by atoms with Crippen molar-refractivity contribution in [3.8, 4) is 0 Å². The van der Waals surface area contributed by atoms with Crippen LogP contribution in [-0.4, -0.2) is 55.0 Å². The first-order valence-electron chi connectivity index (χ1n) is 14.6. The van der Waals surface area contributed by atoms with E-state index in [-0.39, 0.29) is 22.3 Å². The molecule has 6 rings (SSSR count). The van der Waals surface area contributed by atoms with Crippen LogP contribution in [0.4, 0.5) is 5.69 Å². The standard InChI is InChI=1S/C32H47NO4/c1-28(2)20-36-32(37-21-28)16-15-30(18-22-7-6-8-23(17-22)33(4)5)26-12-13-29(3)25(9-10-27(29)34)24(26)11-14-31(30,35)19-32/h6-8,12,17,24-25,27,34-35H,9-11,13-16,18-21H2,1-5H3/t24-,25-,27-,29-,30-,31+/m0/s1. The van der Waals surface area contributed by atoms with E-state index in [1.165, 1.54) is 16.8 Å². The van der Waals surface area contributed by atoms with E-state index >= 15 is 0 Å². The minimum Gasteiger partial charge on any atom is -0.393 e. The molecule has 1 heterocycles. The van der Waals surface area contributed by atoms with Crippen molar-refractivity contribution in [1.82, 2.24) is 0 Å². The van der Waals surface area contributed by atoms with E-state index in [2.05, 4.69) is 70.1 Å². The first-order chi connectivity index (χ1) is 17.4. The van der Waals surface area contributed by atoms with Crippen LogP contribution >= 0.6 is 0 Å². The van der Waals surface area contributed by atoms with Gasteiger partial charge in [0.1, 0.15) is 0 Å². The molecule has 3 saturated carbocycles. The molecule has 204 valence electrons. The molecule has 6 atom stereocenters. The molecule has 1 saturated heterocycles. The number of rotatable bonds is 3. The molecule has 2 N–H and O–H groups in total. The third kappa shape index (κ3) is 3.94. The Kier molecular flexibility index (Phi) is 5.97. The van der Waals surface area contributed by atoms with Gasteiger partial charge >= 0.3 is 0 Å². The first kappa shape index (κ1) is 25.9. The van der Waals surface area contributed by atoms with E-state index in [1.54, 1.807) is 0 Å². The number of hydrogen-bond donors (Lipinski definition) is 2. The minimum atomic E-state index is -0.881. The first-order valence-corrected chi connectivity index (χ1v) is 14.6. The molecular formula is C32H47NO4. The Morgan fingerprint density at radius 1 is 1.00 bits per heavy atom. The second kappa shape index (κ2) is 8.55. The second-order valence-corrected chi connectivity index (χ2v) is 14.4. The Hall–Kier alpha value is -1.40. The van der Waals surface area contributed by atoms with Crippen LogP contribution in [0.5, 0.6) is 0 Å². The lowest BCUT2D eigenvalue weighted by atomic mass is 9.45. The highest BCUT2D eigenvalue weighted by molar-refractivity contribution is 5.48. The lowest BCUT2D eigenvalue weighted by Gasteiger charge is -2.64. The fourth-order valence-electron chi connectivity index (χ4n) is 8.90. The maximum Gasteiger partial charge on any atom is 0.171 e. The summed E-state index contributed by atoms with van der Waals surface area (Å²) in [5, 5.41) is 23.7. The van der Waals surface area contributed by atoms with E-state index in [0.29, 0.717) is 31.5 Å². The number of aliphatic hydroxyl groups excluding tert-OH is 1. The summed E-state index contributed by atoms with van der Waals surface area (Å²) in [6.45, 7) is 8.02. The molecule has 0 radical (unpaired) electrons. The van der Waals surface area contributed by atoms with Crippen LogP contribution in [0.3, 0.4) is 0 Å². The number of benzene rings is 1. The van der Waals surface area contributed by atoms with Gasteiger partial charge < -0.3 is 24.6 Å². The van der Waals surface area contributed by atoms with Crippen LogP contribution < -0.4 is 4.90 Å². The summed E-state index contributed by atoms with van der Waals surface area (Å²) in [6, 6.07) is 8.84. The smallest absolute Gasteiger partial charge is 0.171 e. The lowest BCUT2D eigenvalue weighted by molar-refractivity contribution is -0.343. The van der Waals surface area contributed by atoms with Gasteiger partial charge in [-0.25, -0.2) is 0 Å². The summed E-state index contributed by atoms with van der Waals surface area (Å²) in [5.41, 5.74) is 2.71. The Morgan fingerprint density at radius 3 is 2.49 bits per heavy atom. The summed E-state index contributed by atoms with van der Waals surface area (Å²) >= 11 is 0. The average molecular weight is 510 g/mol. The zero-order valence-electron chi connectivity index (χ0n) is 23.6. The van der Waals surface area contributed by atoms with Crippen molar-refractivity contribution in [2.24, 2.45) is 28.1 Å². The number of aliphatic hydroxyl groups is 2. The molecule has 37 heavy (non-hydrogen) atoms. The molecule has 1 spiro atoms. The Balaban J connectivity index is 1.41. The summed E-state index contributed by atoms with van der Waals surface area (Å²) in [6.07, 6.45) is 9.95. The molecule has 4 fully saturated rings. The number of nitrogens with zero attached hydrogens (tertiary/aromatic N) is 1. The SMILES string of the molecule is CN(C)c1cccc(C[C@]23CCC4(C[C@]2(O)CC[C@@H]2C3=CC[C@]3(C)[C@@H](O)CC[C@@H]23)OCC(C)(C)CO4)c1. The molecule has 0 bridgehead atoms. The van der Waals surface area contributed by atoms with E-state index in [4.69, 9.17) is 9.47 Å². The molecule has 1 aromatic carbocycles. The van der Waals surface area contributed by atoms with Crippen LogP contribution in [-0.2, 0) is 15.9 Å². The number of hydrogen-bond acceptors (Lipinski definition) is 5. The molecular weight excluding hydrogens is 462 g/mol. The normalized spacial score (nSPS) is 41.9. The predicted octanol–water partition coefficient (Wildman–Crippen LogP) is 5.48. The van der Waals surface area contributed by atoms with E-state index < -0.39 is 11.4 Å². The van der Waals surface area contributed by atoms with E-state index in [9.17, 15) is 10.2 Å². The van der Waals surface area contributed by atoms with Gasteiger partial charge in [0.05, 0.1) is 24.9 Å². The maximum absolute atomic E-state index is 12.8. The van der Waals surface area contributed by atoms with Gasteiger partial charge in [-0.05, 0) is 74.5 Å². The molecule has 5 nitrogen and oxygen atoms in total. The molecule has 4 aliphatic carbocycles. The largest absolute Gasteiger partial charge is 0.393 e. The quantitative estimate of drug-likeness (QED) is 0.528. The molecule has 0 aromatic heterocycles. The summed E-state index contributed by atoms with van der Waals surface area (Å²) in [4.78, 5) is 2.16. The molecule has 1 aromatic rings. The van der Waals surface area contributed by atoms with Gasteiger partial charge in [0.15, 0.2) is 5.79 Å². The van der Waals surface area contributed by atoms with Gasteiger partial charge in [-0.3, -0.25) is 0 Å².